The van der Waals surface area contributed by atoms with E-state index in [2.05, 4.69) is 44.9 Å². The lowest BCUT2D eigenvalue weighted by atomic mass is 9.57. The summed E-state index contributed by atoms with van der Waals surface area (Å²) in [6.07, 6.45) is 14.8. The van der Waals surface area contributed by atoms with Gasteiger partial charge in [-0.2, -0.15) is 5.26 Å². The zero-order valence-corrected chi connectivity index (χ0v) is 23.2. The molecule has 0 radical (unpaired) electrons. The minimum absolute atomic E-state index is 0.192. The van der Waals surface area contributed by atoms with Crippen LogP contribution >= 0.6 is 0 Å². The van der Waals surface area contributed by atoms with Crippen LogP contribution in [0.25, 0.3) is 5.65 Å². The third-order valence-corrected chi connectivity index (χ3v) is 8.99. The van der Waals surface area contributed by atoms with Gasteiger partial charge in [0.05, 0.1) is 17.0 Å². The van der Waals surface area contributed by atoms with E-state index in [1.165, 1.54) is 25.7 Å². The van der Waals surface area contributed by atoms with Crippen molar-refractivity contribution < 1.29 is 4.79 Å². The van der Waals surface area contributed by atoms with Crippen molar-refractivity contribution in [1.82, 2.24) is 29.5 Å². The third-order valence-electron chi connectivity index (χ3n) is 8.99. The zero-order valence-electron chi connectivity index (χ0n) is 23.2. The van der Waals surface area contributed by atoms with E-state index in [0.717, 1.165) is 41.4 Å². The number of pyridine rings is 1. The van der Waals surface area contributed by atoms with E-state index in [-0.39, 0.29) is 11.3 Å². The lowest BCUT2D eigenvalue weighted by Crippen LogP contribution is -2.44. The number of hydrogen-bond donors (Lipinski definition) is 2. The van der Waals surface area contributed by atoms with Crippen molar-refractivity contribution in [3.05, 3.63) is 77.8 Å². The van der Waals surface area contributed by atoms with Crippen LogP contribution in [0.15, 0.2) is 55.2 Å². The molecule has 40 heavy (non-hydrogen) atoms. The molecule has 0 spiro atoms. The molecule has 1 aromatic carbocycles. The number of carbonyl (C=O) groups is 1. The first-order valence-corrected chi connectivity index (χ1v) is 14.3. The topological polar surface area (TPSA) is 113 Å². The summed E-state index contributed by atoms with van der Waals surface area (Å²) < 4.78 is 3.88. The summed E-state index contributed by atoms with van der Waals surface area (Å²) >= 11 is 0. The number of aryl methyl sites for hydroxylation is 1. The van der Waals surface area contributed by atoms with E-state index >= 15 is 0 Å². The number of imidazole rings is 1. The van der Waals surface area contributed by atoms with Gasteiger partial charge in [-0.05, 0) is 73.8 Å². The fourth-order valence-corrected chi connectivity index (χ4v) is 6.81. The highest BCUT2D eigenvalue weighted by Crippen LogP contribution is 2.53. The maximum Gasteiger partial charge on any atom is 0.259 e. The molecule has 3 heterocycles. The molecule has 2 saturated carbocycles. The number of aromatic nitrogens is 5. The number of amides is 1. The molecule has 3 aromatic heterocycles. The van der Waals surface area contributed by atoms with Crippen LogP contribution in [0.1, 0.15) is 79.2 Å². The second kappa shape index (κ2) is 10.9. The Bertz CT molecular complexity index is 1550. The molecule has 1 amide bonds. The van der Waals surface area contributed by atoms with Crippen LogP contribution in [0, 0.1) is 23.2 Å². The van der Waals surface area contributed by atoms with E-state index in [1.807, 2.05) is 52.7 Å². The first-order chi connectivity index (χ1) is 19.5. The van der Waals surface area contributed by atoms with E-state index < -0.39 is 0 Å². The summed E-state index contributed by atoms with van der Waals surface area (Å²) in [5.74, 6) is 1.74. The van der Waals surface area contributed by atoms with Gasteiger partial charge < -0.3 is 19.6 Å². The van der Waals surface area contributed by atoms with Gasteiger partial charge in [0.1, 0.15) is 17.8 Å². The van der Waals surface area contributed by atoms with Crippen molar-refractivity contribution in [3.63, 3.8) is 0 Å². The van der Waals surface area contributed by atoms with E-state index in [4.69, 9.17) is 0 Å². The van der Waals surface area contributed by atoms with E-state index in [9.17, 15) is 10.1 Å². The van der Waals surface area contributed by atoms with Gasteiger partial charge in [0.15, 0.2) is 0 Å². The summed E-state index contributed by atoms with van der Waals surface area (Å²) in [5.41, 5.74) is 3.69. The van der Waals surface area contributed by atoms with Crippen molar-refractivity contribution in [1.29, 1.82) is 5.26 Å². The van der Waals surface area contributed by atoms with Gasteiger partial charge in [0, 0.05) is 50.3 Å². The Hall–Kier alpha value is -4.03. The van der Waals surface area contributed by atoms with E-state index in [0.29, 0.717) is 36.1 Å². The van der Waals surface area contributed by atoms with Crippen molar-refractivity contribution in [2.24, 2.45) is 18.9 Å². The Labute approximate surface area is 234 Å². The average Bonchev–Trinajstić information content (AvgIpc) is 3.71. The number of benzene rings is 1. The largest absolute Gasteiger partial charge is 0.322 e. The van der Waals surface area contributed by atoms with Gasteiger partial charge in [0.2, 0.25) is 0 Å². The van der Waals surface area contributed by atoms with Gasteiger partial charge >= 0.3 is 0 Å². The highest BCUT2D eigenvalue weighted by Gasteiger charge is 2.49. The molecule has 1 atom stereocenters. The normalized spacial score (nSPS) is 21.7. The van der Waals surface area contributed by atoms with Crippen LogP contribution in [0.4, 0.5) is 5.69 Å². The number of fused-ring (bicyclic) bond motifs is 1. The van der Waals surface area contributed by atoms with Crippen LogP contribution in [-0.2, 0) is 19.0 Å². The average molecular weight is 537 g/mol. The predicted molar refractivity (Wildman–Crippen MR) is 153 cm³/mol. The van der Waals surface area contributed by atoms with Crippen LogP contribution < -0.4 is 10.6 Å². The van der Waals surface area contributed by atoms with E-state index in [1.54, 1.807) is 12.5 Å². The molecule has 0 bridgehead atoms. The van der Waals surface area contributed by atoms with Gasteiger partial charge in [-0.3, -0.25) is 4.79 Å². The first kappa shape index (κ1) is 26.2. The quantitative estimate of drug-likeness (QED) is 0.312. The maximum absolute atomic E-state index is 13.6. The number of hydrogen-bond acceptors (Lipinski definition) is 6. The molecule has 0 unspecified atom stereocenters. The highest BCUT2D eigenvalue weighted by atomic mass is 16.1. The molecule has 6 rings (SSSR count). The van der Waals surface area contributed by atoms with Gasteiger partial charge in [-0.15, -0.1) is 10.2 Å². The molecule has 2 N–H and O–H groups in total. The molecular formula is C31H36N8O. The molecule has 2 aliphatic rings. The number of nitriles is 1. The summed E-state index contributed by atoms with van der Waals surface area (Å²) in [6, 6.07) is 12.7. The zero-order chi connectivity index (χ0) is 27.7. The van der Waals surface area contributed by atoms with Crippen LogP contribution in [0.5, 0.6) is 0 Å². The Morgan fingerprint density at radius 3 is 2.83 bits per heavy atom. The second-order valence-corrected chi connectivity index (χ2v) is 11.7. The summed E-state index contributed by atoms with van der Waals surface area (Å²) in [7, 11) is 1.95. The van der Waals surface area contributed by atoms with Crippen molar-refractivity contribution in [2.45, 2.75) is 69.9 Å². The Morgan fingerprint density at radius 1 is 1.25 bits per heavy atom. The minimum atomic E-state index is -0.328. The molecule has 206 valence electrons. The fourth-order valence-electron chi connectivity index (χ4n) is 6.81. The molecule has 2 fully saturated rings. The number of rotatable bonds is 9. The third kappa shape index (κ3) is 4.88. The van der Waals surface area contributed by atoms with Gasteiger partial charge in [0.25, 0.3) is 5.91 Å². The smallest absolute Gasteiger partial charge is 0.259 e. The predicted octanol–water partition coefficient (Wildman–Crippen LogP) is 4.99. The number of nitrogens with one attached hydrogen (secondary N) is 2. The monoisotopic (exact) mass is 536 g/mol. The SMILES string of the molecule is C[C@H](NCc1cc(C(=O)Nc2cccc(C3(c4nncn4C)CC(CC#N)C3)c2)c2nccn2c1)C1CCCC1. The van der Waals surface area contributed by atoms with Crippen LogP contribution in [0.3, 0.4) is 0 Å². The molecule has 0 saturated heterocycles. The standard InChI is InChI=1S/C31H36N8O/c1-21(24-6-3-4-7-24)34-18-23-14-27(28-33-12-13-39(28)19-23)29(40)36-26-9-5-8-25(15-26)31(16-22(17-31)10-11-32)30-37-35-20-38(30)2/h5,8-9,12-15,19-22,24,34H,3-4,6-7,10,16-18H2,1-2H3,(H,36,40)/t21-,22?,31?/m0/s1. The number of nitrogens with zero attached hydrogens (tertiary/aromatic N) is 6. The Balaban J connectivity index is 1.24. The highest BCUT2D eigenvalue weighted by molar-refractivity contribution is 6.08. The second-order valence-electron chi connectivity index (χ2n) is 11.7. The summed E-state index contributed by atoms with van der Waals surface area (Å²) in [6.45, 7) is 2.97. The Kier molecular flexibility index (Phi) is 7.11. The molecule has 4 aromatic rings. The fraction of sp³-hybridized carbons (Fsp3) is 0.452. The Morgan fingerprint density at radius 2 is 2.08 bits per heavy atom. The molecule has 9 nitrogen and oxygen atoms in total. The van der Waals surface area contributed by atoms with Crippen molar-refractivity contribution in [2.75, 3.05) is 5.32 Å². The van der Waals surface area contributed by atoms with Crippen molar-refractivity contribution in [3.8, 4) is 6.07 Å². The van der Waals surface area contributed by atoms with Crippen molar-refractivity contribution >= 4 is 17.2 Å². The molecule has 9 heteroatoms. The van der Waals surface area contributed by atoms with Gasteiger partial charge in [-0.1, -0.05) is 25.0 Å². The molecule has 2 aliphatic carbocycles. The maximum atomic E-state index is 13.6. The summed E-state index contributed by atoms with van der Waals surface area (Å²) in [4.78, 5) is 18.1. The van der Waals surface area contributed by atoms with Crippen LogP contribution in [0.2, 0.25) is 0 Å². The summed E-state index contributed by atoms with van der Waals surface area (Å²) in [5, 5.41) is 24.6. The molecule has 0 aliphatic heterocycles. The van der Waals surface area contributed by atoms with Crippen LogP contribution in [-0.4, -0.2) is 36.1 Å². The number of anilines is 1. The minimum Gasteiger partial charge on any atom is -0.322 e. The first-order valence-electron chi connectivity index (χ1n) is 14.3. The lowest BCUT2D eigenvalue weighted by Gasteiger charge is -2.46. The van der Waals surface area contributed by atoms with Gasteiger partial charge in [-0.25, -0.2) is 4.98 Å². The lowest BCUT2D eigenvalue weighted by molar-refractivity contribution is 0.102. The number of carbonyl (C=O) groups excluding carboxylic acids is 1. The molecular weight excluding hydrogens is 500 g/mol.